The Labute approximate surface area is 242 Å². The SMILES string of the molecule is COc1cc(C)c(S(=O)(=O)N(C)Cc2nnc(C(=O)N(C)Cc3ccc(CN4CCCC(OC)C4)cc3)o2)c(C)c1. The van der Waals surface area contributed by atoms with Gasteiger partial charge < -0.3 is 18.8 Å². The smallest absolute Gasteiger partial charge is 0.311 e. The summed E-state index contributed by atoms with van der Waals surface area (Å²) in [5.74, 6) is -0.0344. The summed E-state index contributed by atoms with van der Waals surface area (Å²) in [7, 11) is 2.53. The number of nitrogens with zero attached hydrogens (tertiary/aromatic N) is 5. The number of benzene rings is 2. The number of likely N-dealkylation sites (tertiary alicyclic amines) is 1. The lowest BCUT2D eigenvalue weighted by molar-refractivity contribution is 0.0285. The van der Waals surface area contributed by atoms with E-state index in [1.54, 1.807) is 40.1 Å². The zero-order valence-corrected chi connectivity index (χ0v) is 25.4. The summed E-state index contributed by atoms with van der Waals surface area (Å²) in [5.41, 5.74) is 3.31. The lowest BCUT2D eigenvalue weighted by Crippen LogP contribution is -2.38. The van der Waals surface area contributed by atoms with Crippen LogP contribution in [0, 0.1) is 13.8 Å². The minimum atomic E-state index is -3.86. The average Bonchev–Trinajstić information content (AvgIpc) is 3.41. The van der Waals surface area contributed by atoms with Crippen molar-refractivity contribution in [2.75, 3.05) is 41.4 Å². The summed E-state index contributed by atoms with van der Waals surface area (Å²) in [4.78, 5) is 17.1. The van der Waals surface area contributed by atoms with Gasteiger partial charge in [-0.2, -0.15) is 4.31 Å². The molecule has 0 spiro atoms. The molecule has 12 heteroatoms. The van der Waals surface area contributed by atoms with Gasteiger partial charge in [-0.25, -0.2) is 8.42 Å². The third-order valence-electron chi connectivity index (χ3n) is 7.34. The van der Waals surface area contributed by atoms with Crippen molar-refractivity contribution in [3.8, 4) is 5.75 Å². The number of piperidine rings is 1. The molecule has 0 bridgehead atoms. The molecule has 4 rings (SSSR count). The highest BCUT2D eigenvalue weighted by Gasteiger charge is 2.28. The molecule has 1 amide bonds. The Hall–Kier alpha value is -3.32. The molecule has 41 heavy (non-hydrogen) atoms. The Bertz CT molecular complexity index is 1430. The summed E-state index contributed by atoms with van der Waals surface area (Å²) in [6.45, 7) is 6.47. The third-order valence-corrected chi connectivity index (χ3v) is 9.45. The lowest BCUT2D eigenvalue weighted by atomic mass is 10.1. The first-order chi connectivity index (χ1) is 19.5. The second-order valence-corrected chi connectivity index (χ2v) is 12.5. The first-order valence-electron chi connectivity index (χ1n) is 13.5. The number of aryl methyl sites for hydroxylation is 2. The molecule has 0 saturated carbocycles. The number of sulfonamides is 1. The van der Waals surface area contributed by atoms with Gasteiger partial charge in [0, 0.05) is 40.8 Å². The molecular formula is C29H39N5O6S. The van der Waals surface area contributed by atoms with Crippen molar-refractivity contribution in [2.24, 2.45) is 0 Å². The van der Waals surface area contributed by atoms with E-state index in [4.69, 9.17) is 13.9 Å². The van der Waals surface area contributed by atoms with Crippen LogP contribution in [0.3, 0.4) is 0 Å². The number of ether oxygens (including phenoxy) is 2. The zero-order chi connectivity index (χ0) is 29.7. The van der Waals surface area contributed by atoms with Gasteiger partial charge in [-0.05, 0) is 67.6 Å². The molecule has 1 fully saturated rings. The van der Waals surface area contributed by atoms with Crippen LogP contribution >= 0.6 is 0 Å². The molecule has 1 unspecified atom stereocenters. The minimum Gasteiger partial charge on any atom is -0.497 e. The van der Waals surface area contributed by atoms with E-state index in [1.165, 1.54) is 24.6 Å². The van der Waals surface area contributed by atoms with E-state index in [0.717, 1.165) is 42.3 Å². The fraction of sp³-hybridized carbons (Fsp3) is 0.483. The molecular weight excluding hydrogens is 546 g/mol. The van der Waals surface area contributed by atoms with Crippen molar-refractivity contribution >= 4 is 15.9 Å². The van der Waals surface area contributed by atoms with Gasteiger partial charge in [0.15, 0.2) is 0 Å². The Morgan fingerprint density at radius 1 is 1.05 bits per heavy atom. The predicted octanol–water partition coefficient (Wildman–Crippen LogP) is 3.40. The van der Waals surface area contributed by atoms with Crippen molar-refractivity contribution < 1.29 is 27.1 Å². The first-order valence-corrected chi connectivity index (χ1v) is 15.0. The van der Waals surface area contributed by atoms with Crippen LogP contribution < -0.4 is 4.74 Å². The highest BCUT2D eigenvalue weighted by Crippen LogP contribution is 2.28. The molecule has 11 nitrogen and oxygen atoms in total. The molecule has 1 aliphatic rings. The number of amides is 1. The van der Waals surface area contributed by atoms with Crippen LogP contribution in [0.5, 0.6) is 5.75 Å². The maximum absolute atomic E-state index is 13.3. The highest BCUT2D eigenvalue weighted by molar-refractivity contribution is 7.89. The van der Waals surface area contributed by atoms with E-state index < -0.39 is 15.9 Å². The van der Waals surface area contributed by atoms with Crippen LogP contribution in [-0.4, -0.2) is 86.1 Å². The number of carbonyl (C=O) groups is 1. The van der Waals surface area contributed by atoms with Crippen molar-refractivity contribution in [1.82, 2.24) is 24.3 Å². The summed E-state index contributed by atoms with van der Waals surface area (Å²) < 4.78 is 44.1. The minimum absolute atomic E-state index is 0.0226. The maximum Gasteiger partial charge on any atom is 0.311 e. The summed E-state index contributed by atoms with van der Waals surface area (Å²) in [6, 6.07) is 11.5. The molecule has 3 aromatic rings. The quantitative estimate of drug-likeness (QED) is 0.334. The van der Waals surface area contributed by atoms with E-state index in [-0.39, 0.29) is 23.2 Å². The van der Waals surface area contributed by atoms with Gasteiger partial charge in [-0.1, -0.05) is 24.3 Å². The molecule has 2 aromatic carbocycles. The molecule has 1 atom stereocenters. The van der Waals surface area contributed by atoms with Gasteiger partial charge in [0.1, 0.15) is 5.75 Å². The number of carbonyl (C=O) groups excluding carboxylic acids is 1. The Morgan fingerprint density at radius 3 is 2.34 bits per heavy atom. The van der Waals surface area contributed by atoms with Crippen LogP contribution in [0.15, 0.2) is 45.7 Å². The van der Waals surface area contributed by atoms with Crippen LogP contribution in [0.1, 0.15) is 51.7 Å². The molecule has 1 aromatic heterocycles. The van der Waals surface area contributed by atoms with Crippen LogP contribution in [0.2, 0.25) is 0 Å². The zero-order valence-electron chi connectivity index (χ0n) is 24.6. The predicted molar refractivity (Wildman–Crippen MR) is 153 cm³/mol. The van der Waals surface area contributed by atoms with E-state index in [0.29, 0.717) is 29.5 Å². The molecule has 222 valence electrons. The number of hydrogen-bond donors (Lipinski definition) is 0. The summed E-state index contributed by atoms with van der Waals surface area (Å²) in [5, 5.41) is 7.80. The average molecular weight is 586 g/mol. The van der Waals surface area contributed by atoms with Crippen LogP contribution in [0.25, 0.3) is 0 Å². The van der Waals surface area contributed by atoms with Crippen molar-refractivity contribution in [3.05, 3.63) is 70.4 Å². The first kappa shape index (κ1) is 30.6. The second kappa shape index (κ2) is 13.1. The largest absolute Gasteiger partial charge is 0.497 e. The molecule has 2 heterocycles. The van der Waals surface area contributed by atoms with E-state index in [1.807, 2.05) is 12.1 Å². The van der Waals surface area contributed by atoms with Crippen molar-refractivity contribution in [2.45, 2.75) is 57.3 Å². The van der Waals surface area contributed by atoms with Gasteiger partial charge in [0.05, 0.1) is 24.7 Å². The standard InChI is InChI=1S/C29H39N5O6S/c1-20-14-25(39-6)15-21(2)27(20)41(36,37)33(4)19-26-30-31-28(40-26)29(35)32(3)16-22-9-11-23(12-10-22)17-34-13-7-8-24(18-34)38-5/h9-12,14-15,24H,7-8,13,16-19H2,1-6H3. The van der Waals surface area contributed by atoms with Crippen LogP contribution in [-0.2, 0) is 34.4 Å². The normalized spacial score (nSPS) is 16.2. The Morgan fingerprint density at radius 2 is 1.71 bits per heavy atom. The Kier molecular flexibility index (Phi) is 9.80. The summed E-state index contributed by atoms with van der Waals surface area (Å²) in [6.07, 6.45) is 2.53. The van der Waals surface area contributed by atoms with Gasteiger partial charge in [-0.3, -0.25) is 9.69 Å². The van der Waals surface area contributed by atoms with Gasteiger partial charge in [0.2, 0.25) is 15.9 Å². The second-order valence-electron chi connectivity index (χ2n) is 10.6. The lowest BCUT2D eigenvalue weighted by Gasteiger charge is -2.31. The monoisotopic (exact) mass is 585 g/mol. The van der Waals surface area contributed by atoms with Crippen molar-refractivity contribution in [3.63, 3.8) is 0 Å². The highest BCUT2D eigenvalue weighted by atomic mass is 32.2. The van der Waals surface area contributed by atoms with E-state index in [2.05, 4.69) is 27.2 Å². The van der Waals surface area contributed by atoms with Crippen molar-refractivity contribution in [1.29, 1.82) is 0 Å². The number of hydrogen-bond acceptors (Lipinski definition) is 9. The number of aromatic nitrogens is 2. The van der Waals surface area contributed by atoms with Crippen LogP contribution in [0.4, 0.5) is 0 Å². The maximum atomic E-state index is 13.3. The number of rotatable bonds is 11. The number of methoxy groups -OCH3 is 2. The van der Waals surface area contributed by atoms with Gasteiger partial charge >= 0.3 is 11.8 Å². The summed E-state index contributed by atoms with van der Waals surface area (Å²) >= 11 is 0. The molecule has 1 aliphatic heterocycles. The fourth-order valence-corrected chi connectivity index (χ4v) is 6.66. The third kappa shape index (κ3) is 7.31. The molecule has 0 aliphatic carbocycles. The molecule has 0 radical (unpaired) electrons. The van der Waals surface area contributed by atoms with E-state index >= 15 is 0 Å². The topological polar surface area (TPSA) is 118 Å². The molecule has 1 saturated heterocycles. The van der Waals surface area contributed by atoms with E-state index in [9.17, 15) is 13.2 Å². The Balaban J connectivity index is 1.35. The van der Waals surface area contributed by atoms with Gasteiger partial charge in [0.25, 0.3) is 0 Å². The molecule has 0 N–H and O–H groups in total. The van der Waals surface area contributed by atoms with Gasteiger partial charge in [-0.15, -0.1) is 10.2 Å². The fourth-order valence-electron chi connectivity index (χ4n) is 5.14.